The standard InChI is InChI=1S/C20H16N2OS/c1-22-19(21-18-9-5-4-8-17(18)20(22)23)13-24-16-11-10-14-6-2-3-7-15(14)12-16/h2-12H,13H2,1H3. The van der Waals surface area contributed by atoms with Gasteiger partial charge < -0.3 is 0 Å². The van der Waals surface area contributed by atoms with Crippen molar-refractivity contribution in [1.82, 2.24) is 9.55 Å². The van der Waals surface area contributed by atoms with E-state index in [1.165, 1.54) is 15.7 Å². The SMILES string of the molecule is Cn1c(CSc2ccc3ccccc3c2)nc2ccccc2c1=O. The van der Waals surface area contributed by atoms with Crippen LogP contribution in [0.5, 0.6) is 0 Å². The molecule has 0 atom stereocenters. The highest BCUT2D eigenvalue weighted by molar-refractivity contribution is 7.98. The summed E-state index contributed by atoms with van der Waals surface area (Å²) in [6.45, 7) is 0. The fourth-order valence-corrected chi connectivity index (χ4v) is 3.73. The number of rotatable bonds is 3. The van der Waals surface area contributed by atoms with Gasteiger partial charge in [0.15, 0.2) is 0 Å². The molecule has 4 heteroatoms. The minimum absolute atomic E-state index is 0.00899. The van der Waals surface area contributed by atoms with Crippen LogP contribution in [0.25, 0.3) is 21.7 Å². The van der Waals surface area contributed by atoms with Crippen molar-refractivity contribution in [2.45, 2.75) is 10.6 Å². The maximum absolute atomic E-state index is 12.4. The minimum atomic E-state index is 0.00899. The Morgan fingerprint density at radius 3 is 2.58 bits per heavy atom. The van der Waals surface area contributed by atoms with E-state index in [1.807, 2.05) is 36.4 Å². The first-order valence-corrected chi connectivity index (χ1v) is 8.77. The molecule has 3 aromatic carbocycles. The number of nitrogens with zero attached hydrogens (tertiary/aromatic N) is 2. The summed E-state index contributed by atoms with van der Waals surface area (Å²) in [5, 5.41) is 3.13. The molecule has 4 aromatic rings. The highest BCUT2D eigenvalue weighted by Gasteiger charge is 2.08. The fourth-order valence-electron chi connectivity index (χ4n) is 2.80. The Balaban J connectivity index is 1.66. The average molecular weight is 332 g/mol. The summed E-state index contributed by atoms with van der Waals surface area (Å²) in [5.41, 5.74) is 0.768. The number of hydrogen-bond donors (Lipinski definition) is 0. The summed E-state index contributed by atoms with van der Waals surface area (Å²) < 4.78 is 1.65. The smallest absolute Gasteiger partial charge is 0.261 e. The lowest BCUT2D eigenvalue weighted by atomic mass is 10.1. The maximum Gasteiger partial charge on any atom is 0.261 e. The number of benzene rings is 3. The Bertz CT molecular complexity index is 1100. The Morgan fingerprint density at radius 1 is 0.958 bits per heavy atom. The zero-order valence-corrected chi connectivity index (χ0v) is 14.1. The number of thioether (sulfide) groups is 1. The molecule has 0 unspecified atom stereocenters. The summed E-state index contributed by atoms with van der Waals surface area (Å²) >= 11 is 1.70. The first-order valence-electron chi connectivity index (χ1n) is 7.78. The summed E-state index contributed by atoms with van der Waals surface area (Å²) in [7, 11) is 1.79. The topological polar surface area (TPSA) is 34.9 Å². The molecule has 0 bridgehead atoms. The van der Waals surface area contributed by atoms with E-state index in [0.717, 1.165) is 11.3 Å². The lowest BCUT2D eigenvalue weighted by Gasteiger charge is -2.09. The quantitative estimate of drug-likeness (QED) is 0.522. The fraction of sp³-hybridized carbons (Fsp3) is 0.100. The minimum Gasteiger partial charge on any atom is -0.299 e. The summed E-state index contributed by atoms with van der Waals surface area (Å²) in [4.78, 5) is 18.3. The van der Waals surface area contributed by atoms with Crippen LogP contribution in [0.4, 0.5) is 0 Å². The van der Waals surface area contributed by atoms with Crippen LogP contribution in [0.15, 0.2) is 76.4 Å². The Hall–Kier alpha value is -2.59. The van der Waals surface area contributed by atoms with Crippen molar-refractivity contribution < 1.29 is 0 Å². The Labute approximate surface area is 144 Å². The van der Waals surface area contributed by atoms with Gasteiger partial charge in [-0.05, 0) is 35.0 Å². The molecule has 0 fully saturated rings. The molecule has 118 valence electrons. The highest BCUT2D eigenvalue weighted by Crippen LogP contribution is 2.26. The van der Waals surface area contributed by atoms with Gasteiger partial charge in [-0.3, -0.25) is 9.36 Å². The first-order chi connectivity index (χ1) is 11.7. The molecule has 0 aliphatic heterocycles. The molecule has 0 aliphatic rings. The van der Waals surface area contributed by atoms with E-state index in [1.54, 1.807) is 23.4 Å². The number of fused-ring (bicyclic) bond motifs is 2. The van der Waals surface area contributed by atoms with E-state index in [-0.39, 0.29) is 5.56 Å². The second-order valence-corrected chi connectivity index (χ2v) is 6.76. The average Bonchev–Trinajstić information content (AvgIpc) is 2.63. The van der Waals surface area contributed by atoms with Gasteiger partial charge in [-0.15, -0.1) is 11.8 Å². The Morgan fingerprint density at radius 2 is 1.71 bits per heavy atom. The molecule has 0 aliphatic carbocycles. The van der Waals surface area contributed by atoms with Crippen LogP contribution in [-0.2, 0) is 12.8 Å². The third kappa shape index (κ3) is 2.69. The van der Waals surface area contributed by atoms with Crippen molar-refractivity contribution in [2.24, 2.45) is 7.05 Å². The zero-order chi connectivity index (χ0) is 16.5. The molecule has 0 amide bonds. The molecule has 3 nitrogen and oxygen atoms in total. The molecule has 24 heavy (non-hydrogen) atoms. The van der Waals surface area contributed by atoms with E-state index in [2.05, 4.69) is 35.3 Å². The van der Waals surface area contributed by atoms with Crippen molar-refractivity contribution in [3.05, 3.63) is 82.9 Å². The van der Waals surface area contributed by atoms with Gasteiger partial charge in [0.25, 0.3) is 5.56 Å². The maximum atomic E-state index is 12.4. The molecule has 0 spiro atoms. The van der Waals surface area contributed by atoms with Crippen molar-refractivity contribution in [3.63, 3.8) is 0 Å². The van der Waals surface area contributed by atoms with E-state index >= 15 is 0 Å². The molecule has 4 rings (SSSR count). The van der Waals surface area contributed by atoms with Gasteiger partial charge in [-0.2, -0.15) is 0 Å². The molecular formula is C20H16N2OS. The molecule has 1 heterocycles. The van der Waals surface area contributed by atoms with Crippen molar-refractivity contribution in [1.29, 1.82) is 0 Å². The van der Waals surface area contributed by atoms with E-state index < -0.39 is 0 Å². The molecule has 0 saturated heterocycles. The van der Waals surface area contributed by atoms with Gasteiger partial charge in [0.05, 0.1) is 16.7 Å². The zero-order valence-electron chi connectivity index (χ0n) is 13.3. The van der Waals surface area contributed by atoms with E-state index in [4.69, 9.17) is 0 Å². The summed E-state index contributed by atoms with van der Waals surface area (Å²) in [6.07, 6.45) is 0. The van der Waals surface area contributed by atoms with Crippen molar-refractivity contribution >= 4 is 33.4 Å². The second-order valence-electron chi connectivity index (χ2n) is 5.71. The van der Waals surface area contributed by atoms with E-state index in [0.29, 0.717) is 11.1 Å². The predicted octanol–water partition coefficient (Wildman–Crippen LogP) is 4.38. The molecule has 1 aromatic heterocycles. The monoisotopic (exact) mass is 332 g/mol. The molecule has 0 radical (unpaired) electrons. The van der Waals surface area contributed by atoms with Crippen LogP contribution in [0, 0.1) is 0 Å². The molecule has 0 N–H and O–H groups in total. The third-order valence-electron chi connectivity index (χ3n) is 4.16. The summed E-state index contributed by atoms with van der Waals surface area (Å²) in [6, 6.07) is 22.2. The van der Waals surface area contributed by atoms with Crippen LogP contribution >= 0.6 is 11.8 Å². The van der Waals surface area contributed by atoms with E-state index in [9.17, 15) is 4.79 Å². The van der Waals surface area contributed by atoms with Gasteiger partial charge in [0.1, 0.15) is 5.82 Å². The predicted molar refractivity (Wildman–Crippen MR) is 100 cm³/mol. The van der Waals surface area contributed by atoms with Gasteiger partial charge in [0.2, 0.25) is 0 Å². The van der Waals surface area contributed by atoms with Crippen LogP contribution in [0.2, 0.25) is 0 Å². The van der Waals surface area contributed by atoms with Crippen molar-refractivity contribution in [3.8, 4) is 0 Å². The summed E-state index contributed by atoms with van der Waals surface area (Å²) in [5.74, 6) is 1.45. The van der Waals surface area contributed by atoms with Crippen molar-refractivity contribution in [2.75, 3.05) is 0 Å². The third-order valence-corrected chi connectivity index (χ3v) is 5.15. The largest absolute Gasteiger partial charge is 0.299 e. The van der Waals surface area contributed by atoms with Gasteiger partial charge >= 0.3 is 0 Å². The normalized spacial score (nSPS) is 11.2. The van der Waals surface area contributed by atoms with Crippen LogP contribution in [0.1, 0.15) is 5.82 Å². The van der Waals surface area contributed by atoms with Gasteiger partial charge in [0, 0.05) is 11.9 Å². The lowest BCUT2D eigenvalue weighted by Crippen LogP contribution is -2.21. The molecular weight excluding hydrogens is 316 g/mol. The lowest BCUT2D eigenvalue weighted by molar-refractivity contribution is 0.785. The van der Waals surface area contributed by atoms with Gasteiger partial charge in [-0.1, -0.05) is 42.5 Å². The number of hydrogen-bond acceptors (Lipinski definition) is 3. The number of aromatic nitrogens is 2. The first kappa shape index (κ1) is 15.0. The Kier molecular flexibility index (Phi) is 3.82. The van der Waals surface area contributed by atoms with Crippen LogP contribution in [0.3, 0.4) is 0 Å². The highest BCUT2D eigenvalue weighted by atomic mass is 32.2. The second kappa shape index (κ2) is 6.13. The molecule has 0 saturated carbocycles. The number of para-hydroxylation sites is 1. The van der Waals surface area contributed by atoms with Crippen LogP contribution in [-0.4, -0.2) is 9.55 Å². The van der Waals surface area contributed by atoms with Crippen LogP contribution < -0.4 is 5.56 Å². The van der Waals surface area contributed by atoms with Gasteiger partial charge in [-0.25, -0.2) is 4.98 Å².